The molecule has 3 rings (SSSR count). The van der Waals surface area contributed by atoms with E-state index in [2.05, 4.69) is 10.9 Å². The van der Waals surface area contributed by atoms with Gasteiger partial charge in [-0.05, 0) is 43.3 Å². The molecule has 0 radical (unpaired) electrons. The average molecular weight is 338 g/mol. The Labute approximate surface area is 143 Å². The quantitative estimate of drug-likeness (QED) is 0.718. The topological polar surface area (TPSA) is 71.3 Å². The van der Waals surface area contributed by atoms with Crippen LogP contribution in [0.4, 0.5) is 4.39 Å². The summed E-state index contributed by atoms with van der Waals surface area (Å²) in [6.45, 7) is 1.91. The highest BCUT2D eigenvalue weighted by Gasteiger charge is 2.14. The van der Waals surface area contributed by atoms with E-state index in [-0.39, 0.29) is 5.76 Å². The summed E-state index contributed by atoms with van der Waals surface area (Å²) in [5.74, 6) is -1.09. The van der Waals surface area contributed by atoms with Crippen molar-refractivity contribution in [1.82, 2.24) is 10.9 Å². The number of hydrogen-bond donors (Lipinski definition) is 2. The molecule has 2 amide bonds. The van der Waals surface area contributed by atoms with E-state index >= 15 is 0 Å². The molecular formula is C19H15FN2O3. The van der Waals surface area contributed by atoms with Gasteiger partial charge in [0, 0.05) is 11.1 Å². The van der Waals surface area contributed by atoms with Crippen LogP contribution < -0.4 is 10.9 Å². The molecule has 0 saturated heterocycles. The van der Waals surface area contributed by atoms with Gasteiger partial charge in [-0.2, -0.15) is 0 Å². The van der Waals surface area contributed by atoms with E-state index in [9.17, 15) is 14.0 Å². The van der Waals surface area contributed by atoms with Crippen molar-refractivity contribution in [3.05, 3.63) is 83.4 Å². The number of benzene rings is 2. The van der Waals surface area contributed by atoms with E-state index in [0.29, 0.717) is 16.9 Å². The van der Waals surface area contributed by atoms with Gasteiger partial charge < -0.3 is 4.42 Å². The molecular weight excluding hydrogens is 323 g/mol. The molecule has 0 aliphatic rings. The number of hydrogen-bond acceptors (Lipinski definition) is 3. The first-order valence-electron chi connectivity index (χ1n) is 7.56. The van der Waals surface area contributed by atoms with Gasteiger partial charge in [-0.15, -0.1) is 0 Å². The fourth-order valence-electron chi connectivity index (χ4n) is 2.21. The molecule has 0 saturated carbocycles. The highest BCUT2D eigenvalue weighted by molar-refractivity contribution is 5.98. The van der Waals surface area contributed by atoms with Crippen molar-refractivity contribution in [3.8, 4) is 11.3 Å². The minimum absolute atomic E-state index is 0.00321. The number of carbonyl (C=O) groups is 2. The van der Waals surface area contributed by atoms with Crippen molar-refractivity contribution in [2.75, 3.05) is 0 Å². The van der Waals surface area contributed by atoms with Crippen LogP contribution in [-0.4, -0.2) is 11.8 Å². The van der Waals surface area contributed by atoms with Gasteiger partial charge in [0.15, 0.2) is 5.76 Å². The number of aryl methyl sites for hydroxylation is 1. The molecule has 0 atom stereocenters. The lowest BCUT2D eigenvalue weighted by Gasteiger charge is -2.06. The highest BCUT2D eigenvalue weighted by atomic mass is 19.1. The molecule has 0 bridgehead atoms. The minimum atomic E-state index is -0.608. The van der Waals surface area contributed by atoms with Gasteiger partial charge in [0.25, 0.3) is 5.91 Å². The Morgan fingerprint density at radius 2 is 1.64 bits per heavy atom. The minimum Gasteiger partial charge on any atom is -0.451 e. The van der Waals surface area contributed by atoms with Crippen molar-refractivity contribution in [2.24, 2.45) is 0 Å². The molecule has 0 unspecified atom stereocenters. The SMILES string of the molecule is Cc1ccc(C(=O)NNC(=O)c2ccc(-c3cccc(F)c3)o2)cc1. The lowest BCUT2D eigenvalue weighted by atomic mass is 10.1. The predicted molar refractivity (Wildman–Crippen MR) is 90.2 cm³/mol. The Morgan fingerprint density at radius 3 is 2.36 bits per heavy atom. The van der Waals surface area contributed by atoms with Crippen LogP contribution in [0.25, 0.3) is 11.3 Å². The monoisotopic (exact) mass is 338 g/mol. The van der Waals surface area contributed by atoms with Crippen molar-refractivity contribution >= 4 is 11.8 Å². The molecule has 25 heavy (non-hydrogen) atoms. The summed E-state index contributed by atoms with van der Waals surface area (Å²) in [7, 11) is 0. The molecule has 1 heterocycles. The average Bonchev–Trinajstić information content (AvgIpc) is 3.10. The van der Waals surface area contributed by atoms with E-state index in [1.165, 1.54) is 18.2 Å². The molecule has 1 aromatic heterocycles. The van der Waals surface area contributed by atoms with E-state index in [0.717, 1.165) is 5.56 Å². The van der Waals surface area contributed by atoms with Gasteiger partial charge in [-0.3, -0.25) is 20.4 Å². The zero-order chi connectivity index (χ0) is 17.8. The Balaban J connectivity index is 1.64. The van der Waals surface area contributed by atoms with Crippen LogP contribution in [0.15, 0.2) is 65.1 Å². The van der Waals surface area contributed by atoms with Crippen LogP contribution in [0.2, 0.25) is 0 Å². The standard InChI is InChI=1S/C19H15FN2O3/c1-12-5-7-13(8-6-12)18(23)21-22-19(24)17-10-9-16(25-17)14-3-2-4-15(20)11-14/h2-11H,1H3,(H,21,23)(H,22,24). The summed E-state index contributed by atoms with van der Waals surface area (Å²) >= 11 is 0. The summed E-state index contributed by atoms with van der Waals surface area (Å²) in [6, 6.07) is 15.8. The second kappa shape index (κ2) is 7.00. The molecule has 2 N–H and O–H groups in total. The highest BCUT2D eigenvalue weighted by Crippen LogP contribution is 2.22. The van der Waals surface area contributed by atoms with Crippen LogP contribution in [0.1, 0.15) is 26.5 Å². The first-order valence-corrected chi connectivity index (χ1v) is 7.56. The van der Waals surface area contributed by atoms with Crippen LogP contribution in [0, 0.1) is 12.7 Å². The number of furan rings is 1. The lowest BCUT2D eigenvalue weighted by Crippen LogP contribution is -2.41. The van der Waals surface area contributed by atoms with E-state index < -0.39 is 17.6 Å². The lowest BCUT2D eigenvalue weighted by molar-refractivity contribution is 0.0831. The fraction of sp³-hybridized carbons (Fsp3) is 0.0526. The van der Waals surface area contributed by atoms with Crippen LogP contribution in [-0.2, 0) is 0 Å². The smallest absolute Gasteiger partial charge is 0.305 e. The van der Waals surface area contributed by atoms with Crippen molar-refractivity contribution in [2.45, 2.75) is 6.92 Å². The maximum absolute atomic E-state index is 13.2. The molecule has 0 spiro atoms. The van der Waals surface area contributed by atoms with E-state index in [1.807, 2.05) is 6.92 Å². The normalized spacial score (nSPS) is 10.3. The van der Waals surface area contributed by atoms with Gasteiger partial charge in [0.05, 0.1) is 0 Å². The fourth-order valence-corrected chi connectivity index (χ4v) is 2.21. The van der Waals surface area contributed by atoms with Gasteiger partial charge in [0.2, 0.25) is 0 Å². The number of halogens is 1. The number of rotatable bonds is 3. The summed E-state index contributed by atoms with van der Waals surface area (Å²) in [6.07, 6.45) is 0. The molecule has 2 aromatic carbocycles. The maximum atomic E-state index is 13.2. The molecule has 0 aliphatic heterocycles. The van der Waals surface area contributed by atoms with E-state index in [4.69, 9.17) is 4.42 Å². The second-order valence-corrected chi connectivity index (χ2v) is 5.45. The van der Waals surface area contributed by atoms with E-state index in [1.54, 1.807) is 42.5 Å². The Morgan fingerprint density at radius 1 is 0.920 bits per heavy atom. The summed E-state index contributed by atoms with van der Waals surface area (Å²) in [5, 5.41) is 0. The second-order valence-electron chi connectivity index (χ2n) is 5.45. The molecule has 0 aliphatic carbocycles. The van der Waals surface area contributed by atoms with Crippen LogP contribution in [0.3, 0.4) is 0 Å². The molecule has 0 fully saturated rings. The zero-order valence-corrected chi connectivity index (χ0v) is 13.4. The van der Waals surface area contributed by atoms with Crippen LogP contribution >= 0.6 is 0 Å². The Hall–Kier alpha value is -3.41. The molecule has 5 nitrogen and oxygen atoms in total. The molecule has 6 heteroatoms. The maximum Gasteiger partial charge on any atom is 0.305 e. The van der Waals surface area contributed by atoms with Crippen molar-refractivity contribution < 1.29 is 18.4 Å². The zero-order valence-electron chi connectivity index (χ0n) is 13.4. The largest absolute Gasteiger partial charge is 0.451 e. The number of nitrogens with one attached hydrogen (secondary N) is 2. The van der Waals surface area contributed by atoms with Crippen molar-refractivity contribution in [1.29, 1.82) is 0 Å². The Bertz CT molecular complexity index is 916. The third kappa shape index (κ3) is 3.92. The predicted octanol–water partition coefficient (Wildman–Crippen LogP) is 3.47. The summed E-state index contributed by atoms with van der Waals surface area (Å²) < 4.78 is 18.7. The van der Waals surface area contributed by atoms with Crippen molar-refractivity contribution in [3.63, 3.8) is 0 Å². The van der Waals surface area contributed by atoms with Gasteiger partial charge in [-0.1, -0.05) is 29.8 Å². The first-order chi connectivity index (χ1) is 12.0. The number of amides is 2. The first kappa shape index (κ1) is 16.4. The molecule has 126 valence electrons. The summed E-state index contributed by atoms with van der Waals surface area (Å²) in [5.41, 5.74) is 6.57. The summed E-state index contributed by atoms with van der Waals surface area (Å²) in [4.78, 5) is 24.0. The van der Waals surface area contributed by atoms with Crippen LogP contribution in [0.5, 0.6) is 0 Å². The third-order valence-corrected chi connectivity index (χ3v) is 3.54. The van der Waals surface area contributed by atoms with Gasteiger partial charge in [-0.25, -0.2) is 4.39 Å². The third-order valence-electron chi connectivity index (χ3n) is 3.54. The number of hydrazine groups is 1. The van der Waals surface area contributed by atoms with Gasteiger partial charge in [0.1, 0.15) is 11.6 Å². The van der Waals surface area contributed by atoms with Gasteiger partial charge >= 0.3 is 5.91 Å². The number of carbonyl (C=O) groups excluding carboxylic acids is 2. The Kier molecular flexibility index (Phi) is 4.61. The molecule has 3 aromatic rings.